The number of alkyl halides is 2. The van der Waals surface area contributed by atoms with E-state index in [1.807, 2.05) is 19.2 Å². The fourth-order valence-electron chi connectivity index (χ4n) is 7.48. The number of halogens is 2. The van der Waals surface area contributed by atoms with E-state index in [2.05, 4.69) is 28.2 Å². The standard InChI is InChI=1S/C47H85F2N7O12/c1-13-14-15-19-22-36(66-25-30(4)53-38(57)33(50)26-65-28-47(48,49)27-52-44(64)68-46(9,10)11)31(5)41(60)56(12)35(23-29(2)3)39(58)55-37(32-20-17-16-18-21-32)40(59)54-34(42(61)62)24-51-43(63)67-45(6,7)8/h29-37H,13-28,50H2,1-12H3,(H,51,63)(H,52,64)(H,53,57)(H,54,59)(H,55,58)(H,61,62)/t30-,31-,33-,34+,35+,36-,37-/m0/s1. The zero-order valence-corrected chi connectivity index (χ0v) is 42.7. The van der Waals surface area contributed by atoms with E-state index in [9.17, 15) is 47.4 Å². The Kier molecular flexibility index (Phi) is 26.8. The molecule has 394 valence electrons. The van der Waals surface area contributed by atoms with Gasteiger partial charge in [0.25, 0.3) is 5.92 Å². The first kappa shape index (κ1) is 61.6. The van der Waals surface area contributed by atoms with Crippen molar-refractivity contribution in [3.63, 3.8) is 0 Å². The number of carbonyl (C=O) groups is 7. The van der Waals surface area contributed by atoms with Crippen LogP contribution in [0.25, 0.3) is 0 Å². The van der Waals surface area contributed by atoms with E-state index >= 15 is 0 Å². The first-order valence-electron chi connectivity index (χ1n) is 24.1. The van der Waals surface area contributed by atoms with Crippen LogP contribution >= 0.6 is 0 Å². The highest BCUT2D eigenvalue weighted by Crippen LogP contribution is 2.28. The summed E-state index contributed by atoms with van der Waals surface area (Å²) in [5.41, 5.74) is 4.24. The number of hydrogen-bond acceptors (Lipinski definition) is 12. The van der Waals surface area contributed by atoms with E-state index < -0.39 is 127 Å². The molecule has 6 amide bonds. The average molecular weight is 978 g/mol. The lowest BCUT2D eigenvalue weighted by atomic mass is 9.83. The molecule has 1 aliphatic rings. The first-order valence-corrected chi connectivity index (χ1v) is 24.1. The Morgan fingerprint density at radius 3 is 1.91 bits per heavy atom. The number of aliphatic carboxylic acids is 1. The highest BCUT2D eigenvalue weighted by molar-refractivity contribution is 5.94. The third kappa shape index (κ3) is 25.3. The Balaban J connectivity index is 3.12. The van der Waals surface area contributed by atoms with Crippen LogP contribution in [0.4, 0.5) is 18.4 Å². The van der Waals surface area contributed by atoms with Crippen LogP contribution in [0.1, 0.15) is 147 Å². The van der Waals surface area contributed by atoms with E-state index in [1.54, 1.807) is 55.4 Å². The Morgan fingerprint density at radius 2 is 1.37 bits per heavy atom. The van der Waals surface area contributed by atoms with Gasteiger partial charge in [0, 0.05) is 13.1 Å². The fraction of sp³-hybridized carbons (Fsp3) is 0.851. The number of ether oxygens (including phenoxy) is 4. The summed E-state index contributed by atoms with van der Waals surface area (Å²) >= 11 is 0. The third-order valence-electron chi connectivity index (χ3n) is 11.1. The van der Waals surface area contributed by atoms with Crippen LogP contribution < -0.4 is 32.3 Å². The molecule has 0 saturated heterocycles. The van der Waals surface area contributed by atoms with E-state index in [-0.39, 0.29) is 24.9 Å². The highest BCUT2D eigenvalue weighted by Gasteiger charge is 2.39. The maximum Gasteiger partial charge on any atom is 0.407 e. The largest absolute Gasteiger partial charge is 0.480 e. The molecule has 1 aliphatic carbocycles. The van der Waals surface area contributed by atoms with Gasteiger partial charge < -0.3 is 61.3 Å². The second-order valence-electron chi connectivity index (χ2n) is 20.5. The first-order chi connectivity index (χ1) is 31.5. The van der Waals surface area contributed by atoms with Crippen molar-refractivity contribution in [3.8, 4) is 0 Å². The number of hydrogen-bond donors (Lipinski definition) is 7. The lowest BCUT2D eigenvalue weighted by Gasteiger charge is -2.36. The van der Waals surface area contributed by atoms with Crippen LogP contribution in [0, 0.1) is 17.8 Å². The summed E-state index contributed by atoms with van der Waals surface area (Å²) in [7, 11) is 1.53. The smallest absolute Gasteiger partial charge is 0.407 e. The number of nitrogens with two attached hydrogens (primary N) is 1. The lowest BCUT2D eigenvalue weighted by molar-refractivity contribution is -0.148. The molecule has 0 heterocycles. The van der Waals surface area contributed by atoms with Gasteiger partial charge in [-0.2, -0.15) is 0 Å². The zero-order valence-electron chi connectivity index (χ0n) is 42.7. The molecule has 0 aromatic carbocycles. The van der Waals surface area contributed by atoms with Crippen LogP contribution in [0.5, 0.6) is 0 Å². The number of carboxylic acid groups (broad SMARTS) is 1. The molecule has 1 saturated carbocycles. The van der Waals surface area contributed by atoms with Crippen molar-refractivity contribution in [2.75, 3.05) is 40.0 Å². The second kappa shape index (κ2) is 29.6. The third-order valence-corrected chi connectivity index (χ3v) is 11.1. The molecule has 8 N–H and O–H groups in total. The van der Waals surface area contributed by atoms with Crippen molar-refractivity contribution < 1.29 is 66.4 Å². The van der Waals surface area contributed by atoms with Crippen LogP contribution in [0.15, 0.2) is 0 Å². The Morgan fingerprint density at radius 1 is 0.779 bits per heavy atom. The number of carbonyl (C=O) groups excluding carboxylic acids is 6. The van der Waals surface area contributed by atoms with E-state index in [1.165, 1.54) is 11.9 Å². The molecular weight excluding hydrogens is 893 g/mol. The number of alkyl carbamates (subject to hydrolysis) is 2. The number of nitrogens with zero attached hydrogens (tertiary/aromatic N) is 1. The maximum absolute atomic E-state index is 14.4. The zero-order chi connectivity index (χ0) is 52.0. The molecular formula is C47H85F2N7O12. The number of nitrogens with one attached hydrogen (secondary N) is 5. The summed E-state index contributed by atoms with van der Waals surface area (Å²) < 4.78 is 50.2. The van der Waals surface area contributed by atoms with Crippen molar-refractivity contribution in [1.82, 2.24) is 31.5 Å². The Labute approximate surface area is 402 Å². The van der Waals surface area contributed by atoms with Crippen LogP contribution in [0.2, 0.25) is 0 Å². The average Bonchev–Trinajstić information content (AvgIpc) is 3.23. The number of likely N-dealkylation sites (N-methyl/N-ethyl adjacent to an activating group) is 1. The van der Waals surface area contributed by atoms with Crippen LogP contribution in [0.3, 0.4) is 0 Å². The van der Waals surface area contributed by atoms with Gasteiger partial charge in [0.1, 0.15) is 42.0 Å². The lowest BCUT2D eigenvalue weighted by Crippen LogP contribution is -2.60. The van der Waals surface area contributed by atoms with Crippen molar-refractivity contribution in [2.45, 2.75) is 200 Å². The van der Waals surface area contributed by atoms with Gasteiger partial charge in [-0.05, 0) is 86.0 Å². The van der Waals surface area contributed by atoms with Crippen molar-refractivity contribution in [2.24, 2.45) is 23.5 Å². The summed E-state index contributed by atoms with van der Waals surface area (Å²) in [6.45, 7) is 15.8. The van der Waals surface area contributed by atoms with Crippen molar-refractivity contribution in [3.05, 3.63) is 0 Å². The van der Waals surface area contributed by atoms with Gasteiger partial charge >= 0.3 is 18.2 Å². The van der Waals surface area contributed by atoms with Gasteiger partial charge in [0.15, 0.2) is 0 Å². The molecule has 0 unspecified atom stereocenters. The molecule has 68 heavy (non-hydrogen) atoms. The molecule has 0 radical (unpaired) electrons. The van der Waals surface area contributed by atoms with Crippen LogP contribution in [-0.4, -0.2) is 145 Å². The van der Waals surface area contributed by atoms with Gasteiger partial charge in [-0.25, -0.2) is 23.2 Å². The Hall–Kier alpha value is -4.37. The molecule has 21 heteroatoms. The molecule has 19 nitrogen and oxygen atoms in total. The van der Waals surface area contributed by atoms with Gasteiger partial charge in [-0.1, -0.05) is 72.6 Å². The van der Waals surface area contributed by atoms with Gasteiger partial charge in [-0.15, -0.1) is 0 Å². The Bertz CT molecular complexity index is 1600. The van der Waals surface area contributed by atoms with E-state index in [0.717, 1.165) is 44.9 Å². The molecule has 1 fully saturated rings. The molecule has 0 bridgehead atoms. The maximum atomic E-state index is 14.4. The number of carboxylic acids is 1. The monoisotopic (exact) mass is 978 g/mol. The minimum atomic E-state index is -3.47. The van der Waals surface area contributed by atoms with Crippen molar-refractivity contribution >= 4 is 41.8 Å². The van der Waals surface area contributed by atoms with Gasteiger partial charge in [0.05, 0.1) is 38.3 Å². The second-order valence-corrected chi connectivity index (χ2v) is 20.5. The quantitative estimate of drug-likeness (QED) is 0.0487. The minimum Gasteiger partial charge on any atom is -0.480 e. The predicted octanol–water partition coefficient (Wildman–Crippen LogP) is 5.02. The van der Waals surface area contributed by atoms with Crippen molar-refractivity contribution in [1.29, 1.82) is 0 Å². The molecule has 1 rings (SSSR count). The normalized spacial score (nSPS) is 16.8. The van der Waals surface area contributed by atoms with Gasteiger partial charge in [0.2, 0.25) is 23.6 Å². The highest BCUT2D eigenvalue weighted by atomic mass is 19.3. The van der Waals surface area contributed by atoms with Crippen LogP contribution in [-0.2, 0) is 42.9 Å². The number of rotatable bonds is 29. The summed E-state index contributed by atoms with van der Waals surface area (Å²) in [6.07, 6.45) is 5.56. The summed E-state index contributed by atoms with van der Waals surface area (Å²) in [4.78, 5) is 93.2. The summed E-state index contributed by atoms with van der Waals surface area (Å²) in [6, 6.07) is -5.60. The SMILES string of the molecule is CCCCCC[C@H](OC[C@H](C)NC(=O)[C@@H](N)COCC(F)(F)CNC(=O)OC(C)(C)C)[C@H](C)C(=O)N(C)[C@H](CC(C)C)C(=O)N[C@H](C(=O)N[C@H](CNC(=O)OC(C)(C)C)C(=O)O)C1CCCCC1. The van der Waals surface area contributed by atoms with Gasteiger partial charge in [-0.3, -0.25) is 19.2 Å². The number of unbranched alkanes of at least 4 members (excludes halogenated alkanes) is 3. The molecule has 0 spiro atoms. The summed E-state index contributed by atoms with van der Waals surface area (Å²) in [5, 5.41) is 22.4. The molecule has 0 aromatic heterocycles. The number of amides is 6. The summed E-state index contributed by atoms with van der Waals surface area (Å²) in [5.74, 6) is -8.38. The minimum absolute atomic E-state index is 0.0355. The topological polar surface area (TPSA) is 266 Å². The fourth-order valence-corrected chi connectivity index (χ4v) is 7.48. The predicted molar refractivity (Wildman–Crippen MR) is 252 cm³/mol. The van der Waals surface area contributed by atoms with E-state index in [4.69, 9.17) is 24.7 Å². The molecule has 0 aromatic rings. The van der Waals surface area contributed by atoms with E-state index in [0.29, 0.717) is 19.3 Å². The molecule has 0 aliphatic heterocycles. The molecule has 7 atom stereocenters.